The predicted octanol–water partition coefficient (Wildman–Crippen LogP) is 0.0295. The Hall–Kier alpha value is -1.21. The zero-order chi connectivity index (χ0) is 11.5. The van der Waals surface area contributed by atoms with E-state index < -0.39 is 0 Å². The van der Waals surface area contributed by atoms with E-state index in [0.29, 0.717) is 6.54 Å². The van der Waals surface area contributed by atoms with Gasteiger partial charge in [0.25, 0.3) is 0 Å². The third-order valence-corrected chi connectivity index (χ3v) is 3.61. The van der Waals surface area contributed by atoms with Gasteiger partial charge in [-0.15, -0.1) is 5.10 Å². The maximum absolute atomic E-state index is 11.2. The number of anilines is 1. The fourth-order valence-corrected chi connectivity index (χ4v) is 2.56. The summed E-state index contributed by atoms with van der Waals surface area (Å²) in [7, 11) is 1.84. The minimum atomic E-state index is -0.244. The van der Waals surface area contributed by atoms with E-state index in [4.69, 9.17) is 5.73 Å². The predicted molar refractivity (Wildman–Crippen MR) is 62.1 cm³/mol. The lowest BCUT2D eigenvalue weighted by atomic mass is 10.2. The smallest absolute Gasteiger partial charge is 0.234 e. The number of carbonyl (C=O) groups excluding carboxylic acids is 1. The second-order valence-corrected chi connectivity index (χ2v) is 4.58. The van der Waals surface area contributed by atoms with Crippen LogP contribution in [-0.4, -0.2) is 40.0 Å². The zero-order valence-electron chi connectivity index (χ0n) is 9.14. The van der Waals surface area contributed by atoms with Gasteiger partial charge in [-0.2, -0.15) is 0 Å². The largest absolute Gasteiger partial charge is 0.377 e. The lowest BCUT2D eigenvalue weighted by Crippen LogP contribution is -2.39. The molecule has 1 saturated heterocycles. The van der Waals surface area contributed by atoms with Crippen LogP contribution in [0.4, 0.5) is 5.00 Å². The Morgan fingerprint density at radius 2 is 2.56 bits per heavy atom. The number of nitrogens with zero attached hydrogens (tertiary/aromatic N) is 3. The van der Waals surface area contributed by atoms with Crippen molar-refractivity contribution in [1.82, 2.24) is 14.5 Å². The standard InChI is InChI=1S/C9H15N5OS/c1-11-9-6(12-13-16-9)5-14-4-2-3-7(14)8(10)15/h7,11H,2-5H2,1H3,(H2,10,15). The number of nitrogens with two attached hydrogens (primary N) is 1. The molecule has 3 N–H and O–H groups in total. The molecule has 1 atom stereocenters. The Morgan fingerprint density at radius 1 is 1.75 bits per heavy atom. The number of aromatic nitrogens is 2. The Balaban J connectivity index is 2.06. The van der Waals surface area contributed by atoms with Crippen molar-refractivity contribution in [3.05, 3.63) is 5.69 Å². The van der Waals surface area contributed by atoms with Crippen LogP contribution in [0.5, 0.6) is 0 Å². The van der Waals surface area contributed by atoms with Crippen LogP contribution in [0.15, 0.2) is 0 Å². The quantitative estimate of drug-likeness (QED) is 0.777. The van der Waals surface area contributed by atoms with Crippen molar-refractivity contribution < 1.29 is 4.79 Å². The molecular formula is C9H15N5OS. The molecule has 1 amide bonds. The monoisotopic (exact) mass is 241 g/mol. The van der Waals surface area contributed by atoms with Crippen molar-refractivity contribution in [3.63, 3.8) is 0 Å². The molecule has 0 radical (unpaired) electrons. The second-order valence-electron chi connectivity index (χ2n) is 3.83. The first-order valence-electron chi connectivity index (χ1n) is 5.24. The van der Waals surface area contributed by atoms with Crippen LogP contribution in [0.2, 0.25) is 0 Å². The Labute approximate surface area is 98.0 Å². The minimum absolute atomic E-state index is 0.147. The number of rotatable bonds is 4. The van der Waals surface area contributed by atoms with Gasteiger partial charge >= 0.3 is 0 Å². The molecule has 1 aromatic heterocycles. The number of hydrogen-bond acceptors (Lipinski definition) is 6. The Morgan fingerprint density at radius 3 is 3.25 bits per heavy atom. The summed E-state index contributed by atoms with van der Waals surface area (Å²) < 4.78 is 3.89. The molecule has 0 aromatic carbocycles. The van der Waals surface area contributed by atoms with Crippen LogP contribution in [0, 0.1) is 0 Å². The lowest BCUT2D eigenvalue weighted by Gasteiger charge is -2.20. The minimum Gasteiger partial charge on any atom is -0.377 e. The first-order valence-corrected chi connectivity index (χ1v) is 6.02. The molecule has 1 aromatic rings. The van der Waals surface area contributed by atoms with Gasteiger partial charge in [-0.3, -0.25) is 9.69 Å². The van der Waals surface area contributed by atoms with Gasteiger partial charge in [0.2, 0.25) is 5.91 Å². The zero-order valence-corrected chi connectivity index (χ0v) is 9.96. The summed E-state index contributed by atoms with van der Waals surface area (Å²) in [5.41, 5.74) is 6.25. The SMILES string of the molecule is CNc1snnc1CN1CCCC1C(N)=O. The third kappa shape index (κ3) is 2.14. The van der Waals surface area contributed by atoms with E-state index in [1.54, 1.807) is 0 Å². The molecule has 1 aliphatic rings. The van der Waals surface area contributed by atoms with Crippen LogP contribution in [0.1, 0.15) is 18.5 Å². The maximum atomic E-state index is 11.2. The molecule has 1 aliphatic heterocycles. The molecular weight excluding hydrogens is 226 g/mol. The lowest BCUT2D eigenvalue weighted by molar-refractivity contribution is -0.122. The number of hydrogen-bond donors (Lipinski definition) is 2. The van der Waals surface area contributed by atoms with E-state index >= 15 is 0 Å². The normalized spacial score (nSPS) is 21.2. The van der Waals surface area contributed by atoms with Gasteiger partial charge in [-0.25, -0.2) is 0 Å². The average Bonchev–Trinajstić information content (AvgIpc) is 2.86. The van der Waals surface area contributed by atoms with Gasteiger partial charge in [-0.1, -0.05) is 4.49 Å². The summed E-state index contributed by atoms with van der Waals surface area (Å²) in [4.78, 5) is 13.3. The fourth-order valence-electron chi connectivity index (χ4n) is 2.03. The highest BCUT2D eigenvalue weighted by atomic mass is 32.1. The highest BCUT2D eigenvalue weighted by molar-refractivity contribution is 7.10. The molecule has 6 nitrogen and oxygen atoms in total. The summed E-state index contributed by atoms with van der Waals surface area (Å²) in [5.74, 6) is -0.244. The van der Waals surface area contributed by atoms with Gasteiger partial charge in [0.1, 0.15) is 10.7 Å². The fraction of sp³-hybridized carbons (Fsp3) is 0.667. The first kappa shape index (κ1) is 11.3. The summed E-state index contributed by atoms with van der Waals surface area (Å²) in [6, 6.07) is -0.147. The van der Waals surface area contributed by atoms with Gasteiger partial charge < -0.3 is 11.1 Å². The molecule has 16 heavy (non-hydrogen) atoms. The Kier molecular flexibility index (Phi) is 3.35. The number of likely N-dealkylation sites (tertiary alicyclic amines) is 1. The van der Waals surface area contributed by atoms with Crippen LogP contribution >= 0.6 is 11.5 Å². The van der Waals surface area contributed by atoms with Crippen molar-refractivity contribution in [2.45, 2.75) is 25.4 Å². The number of amides is 1. The second kappa shape index (κ2) is 4.75. The van der Waals surface area contributed by atoms with E-state index in [1.807, 2.05) is 7.05 Å². The van der Waals surface area contributed by atoms with E-state index in [-0.39, 0.29) is 11.9 Å². The van der Waals surface area contributed by atoms with Crippen LogP contribution in [-0.2, 0) is 11.3 Å². The highest BCUT2D eigenvalue weighted by Crippen LogP contribution is 2.23. The van der Waals surface area contributed by atoms with E-state index in [9.17, 15) is 4.79 Å². The molecule has 0 aliphatic carbocycles. The number of carbonyl (C=O) groups is 1. The van der Waals surface area contributed by atoms with Gasteiger partial charge in [0.15, 0.2) is 0 Å². The van der Waals surface area contributed by atoms with Gasteiger partial charge in [0.05, 0.1) is 6.04 Å². The molecule has 7 heteroatoms. The van der Waals surface area contributed by atoms with Crippen molar-refractivity contribution in [1.29, 1.82) is 0 Å². The summed E-state index contributed by atoms with van der Waals surface area (Å²) in [5, 5.41) is 8.05. The van der Waals surface area contributed by atoms with Crippen molar-refractivity contribution in [2.24, 2.45) is 5.73 Å². The summed E-state index contributed by atoms with van der Waals surface area (Å²) in [6.45, 7) is 1.54. The molecule has 2 heterocycles. The molecule has 0 spiro atoms. The topological polar surface area (TPSA) is 84.1 Å². The average molecular weight is 241 g/mol. The van der Waals surface area contributed by atoms with Crippen molar-refractivity contribution in [2.75, 3.05) is 18.9 Å². The van der Waals surface area contributed by atoms with Crippen LogP contribution < -0.4 is 11.1 Å². The molecule has 2 rings (SSSR count). The summed E-state index contributed by atoms with van der Waals surface area (Å²) in [6.07, 6.45) is 1.86. The van der Waals surface area contributed by atoms with Crippen molar-refractivity contribution in [3.8, 4) is 0 Å². The van der Waals surface area contributed by atoms with Crippen LogP contribution in [0.25, 0.3) is 0 Å². The van der Waals surface area contributed by atoms with Crippen LogP contribution in [0.3, 0.4) is 0 Å². The number of primary amides is 1. The van der Waals surface area contributed by atoms with Gasteiger partial charge in [-0.05, 0) is 19.4 Å². The van der Waals surface area contributed by atoms with E-state index in [2.05, 4.69) is 19.8 Å². The first-order chi connectivity index (χ1) is 7.72. The highest BCUT2D eigenvalue weighted by Gasteiger charge is 2.29. The maximum Gasteiger partial charge on any atom is 0.234 e. The van der Waals surface area contributed by atoms with E-state index in [0.717, 1.165) is 30.1 Å². The number of nitrogens with one attached hydrogen (secondary N) is 1. The summed E-state index contributed by atoms with van der Waals surface area (Å²) >= 11 is 1.33. The van der Waals surface area contributed by atoms with Crippen molar-refractivity contribution >= 4 is 22.4 Å². The third-order valence-electron chi connectivity index (χ3n) is 2.83. The Bertz CT molecular complexity index is 380. The molecule has 1 unspecified atom stereocenters. The molecule has 1 fully saturated rings. The van der Waals surface area contributed by atoms with E-state index in [1.165, 1.54) is 11.5 Å². The molecule has 0 bridgehead atoms. The molecule has 88 valence electrons. The van der Waals surface area contributed by atoms with Gasteiger partial charge in [0, 0.05) is 25.1 Å². The molecule has 0 saturated carbocycles.